The molecule has 0 spiro atoms. The molecular weight excluding hydrogens is 270 g/mol. The standard InChI is InChI=1S/C10H9N5OS2/c1-5-3-17-8-7(5)12-4-15(9(8)16)2-6-13-14-10(11)18-6/h3-4H,2H2,1H3,(H2,11,14). The highest BCUT2D eigenvalue weighted by Gasteiger charge is 2.10. The van der Waals surface area contributed by atoms with E-state index in [9.17, 15) is 4.79 Å². The van der Waals surface area contributed by atoms with Crippen LogP contribution in [0.15, 0.2) is 16.5 Å². The van der Waals surface area contributed by atoms with Gasteiger partial charge in [-0.1, -0.05) is 11.3 Å². The van der Waals surface area contributed by atoms with Crippen molar-refractivity contribution in [1.82, 2.24) is 19.7 Å². The predicted molar refractivity (Wildman–Crippen MR) is 72.0 cm³/mol. The zero-order valence-corrected chi connectivity index (χ0v) is 11.1. The average molecular weight is 279 g/mol. The van der Waals surface area contributed by atoms with E-state index in [1.165, 1.54) is 27.2 Å². The van der Waals surface area contributed by atoms with Crippen LogP contribution in [0.4, 0.5) is 5.13 Å². The molecule has 0 radical (unpaired) electrons. The Bertz CT molecular complexity index is 772. The SMILES string of the molecule is Cc1csc2c(=O)n(Cc3nnc(N)s3)cnc12. The van der Waals surface area contributed by atoms with Gasteiger partial charge >= 0.3 is 0 Å². The van der Waals surface area contributed by atoms with Gasteiger partial charge < -0.3 is 5.73 Å². The topological polar surface area (TPSA) is 86.7 Å². The van der Waals surface area contributed by atoms with Crippen molar-refractivity contribution in [2.24, 2.45) is 0 Å². The fourth-order valence-electron chi connectivity index (χ4n) is 1.65. The normalized spacial score (nSPS) is 11.2. The first kappa shape index (κ1) is 11.3. The van der Waals surface area contributed by atoms with Gasteiger partial charge in [-0.15, -0.1) is 21.5 Å². The van der Waals surface area contributed by atoms with Crippen molar-refractivity contribution in [3.63, 3.8) is 0 Å². The van der Waals surface area contributed by atoms with E-state index >= 15 is 0 Å². The lowest BCUT2D eigenvalue weighted by atomic mass is 10.3. The maximum absolute atomic E-state index is 12.2. The zero-order valence-electron chi connectivity index (χ0n) is 9.45. The molecule has 0 bridgehead atoms. The van der Waals surface area contributed by atoms with Crippen LogP contribution in [-0.4, -0.2) is 19.7 Å². The molecule has 0 atom stereocenters. The van der Waals surface area contributed by atoms with Crippen molar-refractivity contribution in [3.8, 4) is 0 Å². The van der Waals surface area contributed by atoms with Gasteiger partial charge in [-0.3, -0.25) is 9.36 Å². The fraction of sp³-hybridized carbons (Fsp3) is 0.200. The van der Waals surface area contributed by atoms with Gasteiger partial charge in [0.2, 0.25) is 5.13 Å². The molecule has 18 heavy (non-hydrogen) atoms. The Kier molecular flexibility index (Phi) is 2.60. The fourth-order valence-corrected chi connectivity index (χ4v) is 3.21. The summed E-state index contributed by atoms with van der Waals surface area (Å²) in [6, 6.07) is 0. The van der Waals surface area contributed by atoms with Crippen LogP contribution < -0.4 is 11.3 Å². The minimum atomic E-state index is -0.0492. The molecule has 8 heteroatoms. The van der Waals surface area contributed by atoms with Crippen LogP contribution >= 0.6 is 22.7 Å². The number of fused-ring (bicyclic) bond motifs is 1. The van der Waals surface area contributed by atoms with E-state index in [1.807, 2.05) is 12.3 Å². The number of aryl methyl sites for hydroxylation is 1. The Labute approximate surface area is 110 Å². The van der Waals surface area contributed by atoms with Gasteiger partial charge in [0.05, 0.1) is 18.4 Å². The molecule has 3 aromatic rings. The second-order valence-corrected chi connectivity index (χ2v) is 5.78. The molecule has 0 unspecified atom stereocenters. The molecule has 3 rings (SSSR count). The molecule has 3 aromatic heterocycles. The quantitative estimate of drug-likeness (QED) is 0.763. The summed E-state index contributed by atoms with van der Waals surface area (Å²) in [6.07, 6.45) is 1.54. The number of nitrogen functional groups attached to an aromatic ring is 1. The van der Waals surface area contributed by atoms with E-state index in [2.05, 4.69) is 15.2 Å². The molecule has 0 aliphatic heterocycles. The van der Waals surface area contributed by atoms with Gasteiger partial charge in [-0.2, -0.15) is 0 Å². The summed E-state index contributed by atoms with van der Waals surface area (Å²) in [5, 5.41) is 10.7. The van der Waals surface area contributed by atoms with E-state index in [4.69, 9.17) is 5.73 Å². The van der Waals surface area contributed by atoms with Gasteiger partial charge in [0.15, 0.2) is 0 Å². The highest BCUT2D eigenvalue weighted by Crippen LogP contribution is 2.19. The number of hydrogen-bond acceptors (Lipinski definition) is 7. The number of nitrogens with two attached hydrogens (primary N) is 1. The molecule has 0 amide bonds. The maximum atomic E-state index is 12.2. The molecule has 0 saturated carbocycles. The van der Waals surface area contributed by atoms with Crippen molar-refractivity contribution < 1.29 is 0 Å². The number of nitrogens with zero attached hydrogens (tertiary/aromatic N) is 4. The van der Waals surface area contributed by atoms with Crippen molar-refractivity contribution in [2.45, 2.75) is 13.5 Å². The Morgan fingerprint density at radius 2 is 2.28 bits per heavy atom. The summed E-state index contributed by atoms with van der Waals surface area (Å²) in [5.41, 5.74) is 7.26. The number of thiophene rings is 1. The predicted octanol–water partition coefficient (Wildman–Crippen LogP) is 1.25. The molecular formula is C10H9N5OS2. The van der Waals surface area contributed by atoms with Crippen molar-refractivity contribution in [1.29, 1.82) is 0 Å². The lowest BCUT2D eigenvalue weighted by Gasteiger charge is -2.01. The van der Waals surface area contributed by atoms with E-state index < -0.39 is 0 Å². The van der Waals surface area contributed by atoms with E-state index in [-0.39, 0.29) is 5.56 Å². The summed E-state index contributed by atoms with van der Waals surface area (Å²) >= 11 is 2.69. The van der Waals surface area contributed by atoms with Gasteiger partial charge in [0, 0.05) is 0 Å². The third kappa shape index (κ3) is 1.79. The first-order valence-electron chi connectivity index (χ1n) is 5.16. The molecule has 0 aromatic carbocycles. The third-order valence-corrected chi connectivity index (χ3v) is 4.32. The summed E-state index contributed by atoms with van der Waals surface area (Å²) in [4.78, 5) is 16.5. The van der Waals surface area contributed by atoms with Crippen LogP contribution in [0.2, 0.25) is 0 Å². The minimum Gasteiger partial charge on any atom is -0.374 e. The van der Waals surface area contributed by atoms with Gasteiger partial charge in [-0.05, 0) is 17.9 Å². The van der Waals surface area contributed by atoms with Crippen LogP contribution in [-0.2, 0) is 6.54 Å². The van der Waals surface area contributed by atoms with Gasteiger partial charge in [0.1, 0.15) is 9.71 Å². The van der Waals surface area contributed by atoms with E-state index in [1.54, 1.807) is 6.33 Å². The van der Waals surface area contributed by atoms with Crippen molar-refractivity contribution >= 4 is 38.0 Å². The summed E-state index contributed by atoms with van der Waals surface area (Å²) < 4.78 is 2.20. The minimum absolute atomic E-state index is 0.0492. The third-order valence-electron chi connectivity index (χ3n) is 2.51. The smallest absolute Gasteiger partial charge is 0.271 e. The number of anilines is 1. The largest absolute Gasteiger partial charge is 0.374 e. The van der Waals surface area contributed by atoms with Crippen molar-refractivity contribution in [2.75, 3.05) is 5.73 Å². The second kappa shape index (κ2) is 4.14. The Hall–Kier alpha value is -1.80. The van der Waals surface area contributed by atoms with E-state index in [0.29, 0.717) is 21.4 Å². The Balaban J connectivity index is 2.07. The van der Waals surface area contributed by atoms with Crippen LogP contribution in [0, 0.1) is 6.92 Å². The zero-order chi connectivity index (χ0) is 12.7. The van der Waals surface area contributed by atoms with Gasteiger partial charge in [0.25, 0.3) is 5.56 Å². The second-order valence-electron chi connectivity index (χ2n) is 3.81. The highest BCUT2D eigenvalue weighted by atomic mass is 32.1. The highest BCUT2D eigenvalue weighted by molar-refractivity contribution is 7.17. The molecule has 6 nitrogen and oxygen atoms in total. The maximum Gasteiger partial charge on any atom is 0.271 e. The van der Waals surface area contributed by atoms with Crippen LogP contribution in [0.3, 0.4) is 0 Å². The average Bonchev–Trinajstić information content (AvgIpc) is 2.91. The molecule has 0 aliphatic rings. The lowest BCUT2D eigenvalue weighted by Crippen LogP contribution is -2.20. The van der Waals surface area contributed by atoms with Crippen LogP contribution in [0.5, 0.6) is 0 Å². The molecule has 92 valence electrons. The lowest BCUT2D eigenvalue weighted by molar-refractivity contribution is 0.735. The van der Waals surface area contributed by atoms with Crippen molar-refractivity contribution in [3.05, 3.63) is 32.6 Å². The monoisotopic (exact) mass is 279 g/mol. The van der Waals surface area contributed by atoms with Crippen LogP contribution in [0.1, 0.15) is 10.6 Å². The molecule has 2 N–H and O–H groups in total. The van der Waals surface area contributed by atoms with Crippen LogP contribution in [0.25, 0.3) is 10.2 Å². The molecule has 0 fully saturated rings. The Morgan fingerprint density at radius 3 is 3.00 bits per heavy atom. The number of hydrogen-bond donors (Lipinski definition) is 1. The summed E-state index contributed by atoms with van der Waals surface area (Å²) in [5.74, 6) is 0. The first-order chi connectivity index (χ1) is 8.65. The molecule has 0 saturated heterocycles. The van der Waals surface area contributed by atoms with E-state index in [0.717, 1.165) is 11.1 Å². The summed E-state index contributed by atoms with van der Waals surface area (Å²) in [7, 11) is 0. The Morgan fingerprint density at radius 1 is 1.44 bits per heavy atom. The first-order valence-corrected chi connectivity index (χ1v) is 6.86. The number of rotatable bonds is 2. The summed E-state index contributed by atoms with van der Waals surface area (Å²) in [6.45, 7) is 2.30. The van der Waals surface area contributed by atoms with Gasteiger partial charge in [-0.25, -0.2) is 4.98 Å². The molecule has 3 heterocycles. The number of aromatic nitrogens is 4. The molecule has 0 aliphatic carbocycles.